The average Bonchev–Trinajstić information content (AvgIpc) is 3.03. The second-order valence-corrected chi connectivity index (χ2v) is 8.35. The molecule has 6 nitrogen and oxygen atoms in total. The Morgan fingerprint density at radius 1 is 1.29 bits per heavy atom. The SMILES string of the molecule is Cc1cc(C)c2cccnc2c1S(=O)(=O)N1CCN[C@@H]2COC[C@@H]21. The largest absolute Gasteiger partial charge is 0.378 e. The van der Waals surface area contributed by atoms with Crippen molar-refractivity contribution in [3.8, 4) is 0 Å². The molecule has 3 heterocycles. The van der Waals surface area contributed by atoms with E-state index in [0.717, 1.165) is 16.5 Å². The van der Waals surface area contributed by atoms with E-state index in [4.69, 9.17) is 4.74 Å². The number of nitrogens with zero attached hydrogens (tertiary/aromatic N) is 2. The minimum Gasteiger partial charge on any atom is -0.378 e. The molecule has 2 fully saturated rings. The summed E-state index contributed by atoms with van der Waals surface area (Å²) in [5.74, 6) is 0. The Hall–Kier alpha value is -1.54. The molecule has 7 heteroatoms. The van der Waals surface area contributed by atoms with Gasteiger partial charge < -0.3 is 10.1 Å². The molecule has 0 unspecified atom stereocenters. The van der Waals surface area contributed by atoms with Crippen LogP contribution in [0.3, 0.4) is 0 Å². The van der Waals surface area contributed by atoms with Gasteiger partial charge in [-0.2, -0.15) is 4.31 Å². The molecule has 2 aliphatic rings. The predicted octanol–water partition coefficient (Wildman–Crippen LogP) is 1.21. The number of nitrogens with one attached hydrogen (secondary N) is 1. The quantitative estimate of drug-likeness (QED) is 0.884. The van der Waals surface area contributed by atoms with Crippen LogP contribution >= 0.6 is 0 Å². The molecule has 0 spiro atoms. The maximum Gasteiger partial charge on any atom is 0.245 e. The van der Waals surface area contributed by atoms with Crippen LogP contribution in [-0.4, -0.2) is 56.1 Å². The van der Waals surface area contributed by atoms with Crippen LogP contribution in [-0.2, 0) is 14.8 Å². The molecule has 0 bridgehead atoms. The third kappa shape index (κ3) is 2.35. The number of pyridine rings is 1. The van der Waals surface area contributed by atoms with Gasteiger partial charge in [0.25, 0.3) is 0 Å². The van der Waals surface area contributed by atoms with E-state index in [1.165, 1.54) is 0 Å². The molecule has 4 rings (SSSR count). The lowest BCUT2D eigenvalue weighted by Gasteiger charge is -2.36. The van der Waals surface area contributed by atoms with E-state index < -0.39 is 10.0 Å². The van der Waals surface area contributed by atoms with Gasteiger partial charge in [0.05, 0.1) is 24.8 Å². The Morgan fingerprint density at radius 3 is 2.96 bits per heavy atom. The molecule has 2 atom stereocenters. The summed E-state index contributed by atoms with van der Waals surface area (Å²) in [7, 11) is -3.64. The lowest BCUT2D eigenvalue weighted by molar-refractivity contribution is 0.178. The van der Waals surface area contributed by atoms with Gasteiger partial charge in [0.1, 0.15) is 4.90 Å². The van der Waals surface area contributed by atoms with Crippen molar-refractivity contribution in [2.75, 3.05) is 26.3 Å². The van der Waals surface area contributed by atoms with Gasteiger partial charge >= 0.3 is 0 Å². The lowest BCUT2D eigenvalue weighted by Crippen LogP contribution is -2.58. The Kier molecular flexibility index (Phi) is 3.84. The summed E-state index contributed by atoms with van der Waals surface area (Å²) in [4.78, 5) is 4.73. The van der Waals surface area contributed by atoms with Crippen LogP contribution in [0.1, 0.15) is 11.1 Å². The summed E-state index contributed by atoms with van der Waals surface area (Å²) in [6.07, 6.45) is 1.65. The Bertz CT molecular complexity index is 897. The molecule has 2 aromatic rings. The zero-order valence-corrected chi connectivity index (χ0v) is 14.6. The van der Waals surface area contributed by atoms with E-state index in [0.29, 0.717) is 36.7 Å². The molecule has 1 N–H and O–H groups in total. The number of aromatic nitrogens is 1. The van der Waals surface area contributed by atoms with Crippen molar-refractivity contribution >= 4 is 20.9 Å². The first kappa shape index (κ1) is 16.0. The van der Waals surface area contributed by atoms with Crippen LogP contribution in [0.2, 0.25) is 0 Å². The van der Waals surface area contributed by atoms with Crippen molar-refractivity contribution in [2.24, 2.45) is 0 Å². The molecule has 0 amide bonds. The summed E-state index contributed by atoms with van der Waals surface area (Å²) < 4.78 is 34.1. The van der Waals surface area contributed by atoms with Gasteiger partial charge in [-0.25, -0.2) is 8.42 Å². The van der Waals surface area contributed by atoms with E-state index in [1.807, 2.05) is 32.0 Å². The fraction of sp³-hybridized carbons (Fsp3) is 0.471. The first-order valence-electron chi connectivity index (χ1n) is 8.18. The second-order valence-electron chi connectivity index (χ2n) is 6.52. The van der Waals surface area contributed by atoms with Gasteiger partial charge in [-0.1, -0.05) is 12.1 Å². The molecule has 0 radical (unpaired) electrons. The summed E-state index contributed by atoms with van der Waals surface area (Å²) in [6, 6.07) is 5.62. The maximum absolute atomic E-state index is 13.5. The molecule has 2 aliphatic heterocycles. The molecule has 1 aromatic heterocycles. The molecule has 1 aromatic carbocycles. The number of hydrogen-bond donors (Lipinski definition) is 1. The molecular weight excluding hydrogens is 326 g/mol. The number of rotatable bonds is 2. The average molecular weight is 347 g/mol. The highest BCUT2D eigenvalue weighted by Gasteiger charge is 2.43. The van der Waals surface area contributed by atoms with Crippen LogP contribution in [0, 0.1) is 13.8 Å². The highest BCUT2D eigenvalue weighted by Crippen LogP contribution is 2.32. The minimum atomic E-state index is -3.64. The molecule has 0 aliphatic carbocycles. The summed E-state index contributed by atoms with van der Waals surface area (Å²) >= 11 is 0. The molecule has 2 saturated heterocycles. The Balaban J connectivity index is 1.90. The van der Waals surface area contributed by atoms with E-state index >= 15 is 0 Å². The summed E-state index contributed by atoms with van der Waals surface area (Å²) in [6.45, 7) is 5.92. The standard InChI is InChI=1S/C17H21N3O3S/c1-11-8-12(2)17(16-13(11)4-3-5-19-16)24(21,22)20-7-6-18-14-9-23-10-15(14)20/h3-5,8,14-15,18H,6-7,9-10H2,1-2H3/t14-,15+/m1/s1. The van der Waals surface area contributed by atoms with Crippen molar-refractivity contribution < 1.29 is 13.2 Å². The van der Waals surface area contributed by atoms with Gasteiger partial charge in [-0.05, 0) is 31.0 Å². The molecule has 0 saturated carbocycles. The van der Waals surface area contributed by atoms with Crippen molar-refractivity contribution in [3.63, 3.8) is 0 Å². The first-order valence-corrected chi connectivity index (χ1v) is 9.62. The van der Waals surface area contributed by atoms with Gasteiger partial charge in [0.15, 0.2) is 0 Å². The van der Waals surface area contributed by atoms with Gasteiger partial charge in [0, 0.05) is 30.7 Å². The number of hydrogen-bond acceptors (Lipinski definition) is 5. The lowest BCUT2D eigenvalue weighted by atomic mass is 10.1. The Labute approximate surface area is 141 Å². The van der Waals surface area contributed by atoms with Crippen molar-refractivity contribution in [3.05, 3.63) is 35.5 Å². The van der Waals surface area contributed by atoms with E-state index in [1.54, 1.807) is 10.5 Å². The number of sulfonamides is 1. The van der Waals surface area contributed by atoms with Crippen LogP contribution in [0.15, 0.2) is 29.3 Å². The molecular formula is C17H21N3O3S. The number of benzene rings is 1. The minimum absolute atomic E-state index is 0.0681. The van der Waals surface area contributed by atoms with Crippen LogP contribution < -0.4 is 5.32 Å². The predicted molar refractivity (Wildman–Crippen MR) is 91.5 cm³/mol. The van der Waals surface area contributed by atoms with Gasteiger partial charge in [-0.3, -0.25) is 4.98 Å². The van der Waals surface area contributed by atoms with Gasteiger partial charge in [0.2, 0.25) is 10.0 Å². The third-order valence-electron chi connectivity index (χ3n) is 4.96. The van der Waals surface area contributed by atoms with E-state index in [-0.39, 0.29) is 12.1 Å². The fourth-order valence-electron chi connectivity index (χ4n) is 3.85. The topological polar surface area (TPSA) is 71.5 Å². The number of aryl methyl sites for hydroxylation is 2. The second kappa shape index (κ2) is 5.77. The number of piperazine rings is 1. The van der Waals surface area contributed by atoms with Crippen LogP contribution in [0.4, 0.5) is 0 Å². The third-order valence-corrected chi connectivity index (χ3v) is 7.07. The zero-order chi connectivity index (χ0) is 16.9. The van der Waals surface area contributed by atoms with Crippen molar-refractivity contribution in [1.82, 2.24) is 14.6 Å². The number of fused-ring (bicyclic) bond motifs is 2. The van der Waals surface area contributed by atoms with Gasteiger partial charge in [-0.15, -0.1) is 0 Å². The van der Waals surface area contributed by atoms with E-state index in [9.17, 15) is 8.42 Å². The monoisotopic (exact) mass is 347 g/mol. The zero-order valence-electron chi connectivity index (χ0n) is 13.8. The highest BCUT2D eigenvalue weighted by atomic mass is 32.2. The molecule has 24 heavy (non-hydrogen) atoms. The normalized spacial score (nSPS) is 25.1. The Morgan fingerprint density at radius 2 is 2.12 bits per heavy atom. The highest BCUT2D eigenvalue weighted by molar-refractivity contribution is 7.89. The smallest absolute Gasteiger partial charge is 0.245 e. The van der Waals surface area contributed by atoms with Crippen LogP contribution in [0.5, 0.6) is 0 Å². The fourth-order valence-corrected chi connectivity index (χ4v) is 5.85. The van der Waals surface area contributed by atoms with Crippen LogP contribution in [0.25, 0.3) is 10.9 Å². The maximum atomic E-state index is 13.5. The number of ether oxygens (including phenoxy) is 1. The summed E-state index contributed by atoms with van der Waals surface area (Å²) in [5, 5.41) is 4.23. The van der Waals surface area contributed by atoms with Crippen molar-refractivity contribution in [1.29, 1.82) is 0 Å². The first-order chi connectivity index (χ1) is 11.5. The van der Waals surface area contributed by atoms with Crippen molar-refractivity contribution in [2.45, 2.75) is 30.8 Å². The molecule has 128 valence electrons. The summed E-state index contributed by atoms with van der Waals surface area (Å²) in [5.41, 5.74) is 2.34. The van der Waals surface area contributed by atoms with E-state index in [2.05, 4.69) is 10.3 Å².